The molecule has 0 fully saturated rings. The summed E-state index contributed by atoms with van der Waals surface area (Å²) in [5.74, 6) is 0.429. The number of thiophene rings is 1. The van der Waals surface area contributed by atoms with E-state index in [2.05, 4.69) is 10.3 Å². The minimum Gasteiger partial charge on any atom is -0.261 e. The third-order valence-corrected chi connectivity index (χ3v) is 3.42. The highest BCUT2D eigenvalue weighted by Gasteiger charge is 2.22. The van der Waals surface area contributed by atoms with E-state index >= 15 is 0 Å². The summed E-state index contributed by atoms with van der Waals surface area (Å²) in [6, 6.07) is 7.07. The summed E-state index contributed by atoms with van der Waals surface area (Å²) in [6.07, 6.45) is 1.66. The van der Waals surface area contributed by atoms with Crippen molar-refractivity contribution in [2.75, 3.05) is 5.32 Å². The number of nitrogens with zero attached hydrogens (tertiary/aromatic N) is 1. The molecule has 2 N–H and O–H groups in total. The summed E-state index contributed by atoms with van der Waals surface area (Å²) >= 11 is 1.62. The summed E-state index contributed by atoms with van der Waals surface area (Å²) in [7, 11) is 0. The first-order valence-electron chi connectivity index (χ1n) is 5.13. The molecular formula is C11H12N3O2S+. The Labute approximate surface area is 102 Å². The first kappa shape index (κ1) is 11.5. The quantitative estimate of drug-likeness (QED) is 0.670. The van der Waals surface area contributed by atoms with Gasteiger partial charge in [-0.1, -0.05) is 6.07 Å². The maximum Gasteiger partial charge on any atom is 0.357 e. The largest absolute Gasteiger partial charge is 0.357 e. The minimum atomic E-state index is -0.403. The number of hydrogen-bond acceptors (Lipinski definition) is 4. The lowest BCUT2D eigenvalue weighted by molar-refractivity contribution is -0.409. The van der Waals surface area contributed by atoms with Crippen LogP contribution in [0, 0.1) is 10.1 Å². The molecule has 2 heterocycles. The molecule has 2 aromatic rings. The van der Waals surface area contributed by atoms with E-state index in [1.165, 1.54) is 6.07 Å². The highest BCUT2D eigenvalue weighted by Crippen LogP contribution is 2.25. The van der Waals surface area contributed by atoms with Gasteiger partial charge >= 0.3 is 11.5 Å². The first-order valence-corrected chi connectivity index (χ1v) is 6.01. The van der Waals surface area contributed by atoms with Crippen molar-refractivity contribution in [2.45, 2.75) is 13.0 Å². The summed E-state index contributed by atoms with van der Waals surface area (Å²) < 4.78 is 0. The van der Waals surface area contributed by atoms with Gasteiger partial charge in [0.25, 0.3) is 0 Å². The van der Waals surface area contributed by atoms with E-state index in [1.54, 1.807) is 23.6 Å². The summed E-state index contributed by atoms with van der Waals surface area (Å²) in [5.41, 5.74) is 0.0518. The van der Waals surface area contributed by atoms with Crippen LogP contribution < -0.4 is 10.3 Å². The van der Waals surface area contributed by atoms with Gasteiger partial charge in [0.1, 0.15) is 6.04 Å². The predicted octanol–water partition coefficient (Wildman–Crippen LogP) is 2.64. The molecule has 0 saturated carbocycles. The molecule has 5 nitrogen and oxygen atoms in total. The summed E-state index contributed by atoms with van der Waals surface area (Å²) in [6.45, 7) is 1.97. The number of aromatic amines is 1. The van der Waals surface area contributed by atoms with Crippen molar-refractivity contribution in [3.63, 3.8) is 0 Å². The van der Waals surface area contributed by atoms with Gasteiger partial charge in [-0.3, -0.25) is 15.4 Å². The molecule has 0 aromatic carbocycles. The normalized spacial score (nSPS) is 12.1. The fourth-order valence-electron chi connectivity index (χ4n) is 1.52. The SMILES string of the molecule is C[C@@H](Nc1[nH+]cccc1[N+](=O)[O-])c1cccs1. The first-order chi connectivity index (χ1) is 8.18. The minimum absolute atomic E-state index is 0.0346. The van der Waals surface area contributed by atoms with E-state index in [9.17, 15) is 10.1 Å². The van der Waals surface area contributed by atoms with Gasteiger partial charge in [0.2, 0.25) is 0 Å². The molecule has 0 unspecified atom stereocenters. The second-order valence-electron chi connectivity index (χ2n) is 3.57. The van der Waals surface area contributed by atoms with Crippen molar-refractivity contribution >= 4 is 22.8 Å². The average Bonchev–Trinajstić information content (AvgIpc) is 2.83. The van der Waals surface area contributed by atoms with Crippen molar-refractivity contribution in [3.8, 4) is 0 Å². The number of H-pyrrole nitrogens is 1. The lowest BCUT2D eigenvalue weighted by Crippen LogP contribution is -2.16. The molecule has 6 heteroatoms. The van der Waals surface area contributed by atoms with Crippen LogP contribution in [-0.4, -0.2) is 4.92 Å². The zero-order valence-corrected chi connectivity index (χ0v) is 10.0. The number of nitrogens with one attached hydrogen (secondary N) is 2. The van der Waals surface area contributed by atoms with Gasteiger partial charge in [-0.2, -0.15) is 0 Å². The van der Waals surface area contributed by atoms with E-state index in [-0.39, 0.29) is 11.7 Å². The molecule has 0 spiro atoms. The van der Waals surface area contributed by atoms with Crippen LogP contribution in [0.5, 0.6) is 0 Å². The summed E-state index contributed by atoms with van der Waals surface area (Å²) in [5, 5.41) is 15.9. The van der Waals surface area contributed by atoms with Crippen LogP contribution in [0.15, 0.2) is 35.8 Å². The average molecular weight is 250 g/mol. The highest BCUT2D eigenvalue weighted by atomic mass is 32.1. The Balaban J connectivity index is 2.21. The molecule has 0 aliphatic carbocycles. The molecule has 0 radical (unpaired) electrons. The van der Waals surface area contributed by atoms with Crippen LogP contribution >= 0.6 is 11.3 Å². The second kappa shape index (κ2) is 4.92. The molecule has 0 bridgehead atoms. The Hall–Kier alpha value is -1.95. The molecule has 2 aromatic heterocycles. The lowest BCUT2D eigenvalue weighted by atomic mass is 10.2. The van der Waals surface area contributed by atoms with E-state index in [1.807, 2.05) is 24.4 Å². The van der Waals surface area contributed by atoms with E-state index < -0.39 is 4.92 Å². The topological polar surface area (TPSA) is 69.3 Å². The standard InChI is InChI=1S/C11H11N3O2S/c1-8(10-5-3-7-17-10)13-11-9(14(15)16)4-2-6-12-11/h2-8H,1H3,(H,12,13)/p+1/t8-/m1/s1. The molecule has 0 aliphatic heterocycles. The molecule has 88 valence electrons. The van der Waals surface area contributed by atoms with Crippen LogP contribution in [0.3, 0.4) is 0 Å². The number of aromatic nitrogens is 1. The van der Waals surface area contributed by atoms with Gasteiger partial charge in [-0.05, 0) is 24.4 Å². The molecule has 1 atom stereocenters. The van der Waals surface area contributed by atoms with Gasteiger partial charge in [0.15, 0.2) is 0 Å². The van der Waals surface area contributed by atoms with Crippen LogP contribution in [0.25, 0.3) is 0 Å². The number of hydrogen-bond donors (Lipinski definition) is 1. The Morgan fingerprint density at radius 2 is 2.29 bits per heavy atom. The fourth-order valence-corrected chi connectivity index (χ4v) is 2.26. The van der Waals surface area contributed by atoms with E-state index in [0.717, 1.165) is 4.88 Å². The molecular weight excluding hydrogens is 238 g/mol. The van der Waals surface area contributed by atoms with Gasteiger partial charge in [0, 0.05) is 10.9 Å². The number of nitro groups is 1. The zero-order chi connectivity index (χ0) is 12.3. The van der Waals surface area contributed by atoms with Gasteiger partial charge in [-0.15, -0.1) is 11.3 Å². The van der Waals surface area contributed by atoms with Crippen molar-refractivity contribution < 1.29 is 9.91 Å². The smallest absolute Gasteiger partial charge is 0.261 e. The van der Waals surface area contributed by atoms with Gasteiger partial charge in [0.05, 0.1) is 11.1 Å². The Morgan fingerprint density at radius 1 is 1.47 bits per heavy atom. The Bertz CT molecular complexity index is 513. The predicted molar refractivity (Wildman–Crippen MR) is 66.0 cm³/mol. The number of rotatable bonds is 4. The summed E-state index contributed by atoms with van der Waals surface area (Å²) in [4.78, 5) is 14.4. The van der Waals surface area contributed by atoms with Crippen molar-refractivity contribution in [1.29, 1.82) is 0 Å². The molecule has 17 heavy (non-hydrogen) atoms. The van der Waals surface area contributed by atoms with Crippen molar-refractivity contribution in [1.82, 2.24) is 0 Å². The van der Waals surface area contributed by atoms with Crippen LogP contribution in [0.2, 0.25) is 0 Å². The lowest BCUT2D eigenvalue weighted by Gasteiger charge is -2.06. The van der Waals surface area contributed by atoms with Crippen molar-refractivity contribution in [3.05, 3.63) is 50.8 Å². The molecule has 0 aliphatic rings. The number of pyridine rings is 1. The molecule has 0 amide bonds. The maximum absolute atomic E-state index is 10.8. The van der Waals surface area contributed by atoms with Crippen LogP contribution in [-0.2, 0) is 0 Å². The second-order valence-corrected chi connectivity index (χ2v) is 4.55. The Morgan fingerprint density at radius 3 is 2.94 bits per heavy atom. The van der Waals surface area contributed by atoms with E-state index in [4.69, 9.17) is 0 Å². The Kier molecular flexibility index (Phi) is 3.34. The van der Waals surface area contributed by atoms with Gasteiger partial charge in [-0.25, -0.2) is 4.98 Å². The fraction of sp³-hybridized carbons (Fsp3) is 0.182. The third-order valence-electron chi connectivity index (χ3n) is 2.36. The monoisotopic (exact) mass is 250 g/mol. The van der Waals surface area contributed by atoms with Gasteiger partial charge < -0.3 is 0 Å². The zero-order valence-electron chi connectivity index (χ0n) is 9.21. The molecule has 0 saturated heterocycles. The maximum atomic E-state index is 10.8. The van der Waals surface area contributed by atoms with Crippen LogP contribution in [0.4, 0.5) is 11.5 Å². The highest BCUT2D eigenvalue weighted by molar-refractivity contribution is 7.10. The van der Waals surface area contributed by atoms with Crippen LogP contribution in [0.1, 0.15) is 17.8 Å². The van der Waals surface area contributed by atoms with E-state index in [0.29, 0.717) is 5.82 Å². The number of anilines is 1. The van der Waals surface area contributed by atoms with Crippen molar-refractivity contribution in [2.24, 2.45) is 0 Å². The molecule has 2 rings (SSSR count). The third kappa shape index (κ3) is 2.59.